The second-order valence-corrected chi connectivity index (χ2v) is 3.61. The lowest BCUT2D eigenvalue weighted by atomic mass is 10.2. The van der Waals surface area contributed by atoms with Crippen molar-refractivity contribution in [3.05, 3.63) is 47.9 Å². The molecule has 0 saturated heterocycles. The molecule has 0 aliphatic rings. The molecule has 0 bridgehead atoms. The SMILES string of the molecule is CCc1cc(NCc2cncc(F)c2)ncn1. The Morgan fingerprint density at radius 3 is 2.88 bits per heavy atom. The molecule has 0 aromatic carbocycles. The van der Waals surface area contributed by atoms with Gasteiger partial charge in [-0.15, -0.1) is 0 Å². The number of hydrogen-bond donors (Lipinski definition) is 1. The monoisotopic (exact) mass is 232 g/mol. The molecule has 5 heteroatoms. The van der Waals surface area contributed by atoms with Crippen LogP contribution >= 0.6 is 0 Å². The Balaban J connectivity index is 2.02. The fourth-order valence-electron chi connectivity index (χ4n) is 1.43. The Bertz CT molecular complexity index is 501. The van der Waals surface area contributed by atoms with E-state index in [1.807, 2.05) is 13.0 Å². The van der Waals surface area contributed by atoms with Crippen molar-refractivity contribution in [3.63, 3.8) is 0 Å². The van der Waals surface area contributed by atoms with Gasteiger partial charge in [0.05, 0.1) is 6.20 Å². The van der Waals surface area contributed by atoms with E-state index in [1.165, 1.54) is 18.6 Å². The summed E-state index contributed by atoms with van der Waals surface area (Å²) < 4.78 is 12.9. The van der Waals surface area contributed by atoms with Gasteiger partial charge in [-0.05, 0) is 18.1 Å². The molecule has 0 spiro atoms. The van der Waals surface area contributed by atoms with Crippen LogP contribution in [0.3, 0.4) is 0 Å². The first-order chi connectivity index (χ1) is 8.28. The molecule has 0 aliphatic carbocycles. The highest BCUT2D eigenvalue weighted by molar-refractivity contribution is 5.35. The van der Waals surface area contributed by atoms with Gasteiger partial charge < -0.3 is 5.32 Å². The third-order valence-corrected chi connectivity index (χ3v) is 2.32. The summed E-state index contributed by atoms with van der Waals surface area (Å²) in [6.07, 6.45) is 5.19. The van der Waals surface area contributed by atoms with E-state index in [0.717, 1.165) is 23.5 Å². The van der Waals surface area contributed by atoms with Crippen LogP contribution < -0.4 is 5.32 Å². The van der Waals surface area contributed by atoms with Gasteiger partial charge in [0, 0.05) is 24.5 Å². The van der Waals surface area contributed by atoms with Gasteiger partial charge in [0.15, 0.2) is 0 Å². The van der Waals surface area contributed by atoms with E-state index in [-0.39, 0.29) is 5.82 Å². The van der Waals surface area contributed by atoms with Crippen LogP contribution in [0.4, 0.5) is 10.2 Å². The molecule has 2 heterocycles. The van der Waals surface area contributed by atoms with E-state index >= 15 is 0 Å². The molecule has 0 aliphatic heterocycles. The minimum atomic E-state index is -0.332. The van der Waals surface area contributed by atoms with Gasteiger partial charge in [-0.2, -0.15) is 0 Å². The third-order valence-electron chi connectivity index (χ3n) is 2.32. The molecule has 17 heavy (non-hydrogen) atoms. The van der Waals surface area contributed by atoms with Gasteiger partial charge in [0.1, 0.15) is 18.0 Å². The van der Waals surface area contributed by atoms with Gasteiger partial charge in [-0.25, -0.2) is 14.4 Å². The van der Waals surface area contributed by atoms with Gasteiger partial charge >= 0.3 is 0 Å². The van der Waals surface area contributed by atoms with Crippen LogP contribution in [-0.2, 0) is 13.0 Å². The summed E-state index contributed by atoms with van der Waals surface area (Å²) in [5.74, 6) is 0.405. The largest absolute Gasteiger partial charge is 0.366 e. The first-order valence-corrected chi connectivity index (χ1v) is 5.42. The summed E-state index contributed by atoms with van der Waals surface area (Å²) in [6, 6.07) is 3.33. The quantitative estimate of drug-likeness (QED) is 0.877. The number of pyridine rings is 1. The smallest absolute Gasteiger partial charge is 0.141 e. The van der Waals surface area contributed by atoms with Crippen LogP contribution in [0.2, 0.25) is 0 Å². The molecule has 4 nitrogen and oxygen atoms in total. The highest BCUT2D eigenvalue weighted by Gasteiger charge is 1.99. The van der Waals surface area contributed by atoms with Crippen molar-refractivity contribution in [2.24, 2.45) is 0 Å². The Morgan fingerprint density at radius 1 is 1.24 bits per heavy atom. The predicted octanol–water partition coefficient (Wildman–Crippen LogP) is 2.19. The van der Waals surface area contributed by atoms with Gasteiger partial charge in [-0.3, -0.25) is 4.98 Å². The topological polar surface area (TPSA) is 50.7 Å². The molecule has 1 N–H and O–H groups in total. The Hall–Kier alpha value is -2.04. The summed E-state index contributed by atoms with van der Waals surface area (Å²) in [5.41, 5.74) is 1.75. The van der Waals surface area contributed by atoms with E-state index in [9.17, 15) is 4.39 Å². The molecule has 0 radical (unpaired) electrons. The normalized spacial score (nSPS) is 10.2. The molecule has 0 unspecified atom stereocenters. The number of halogens is 1. The van der Waals surface area contributed by atoms with E-state index in [1.54, 1.807) is 6.20 Å². The van der Waals surface area contributed by atoms with Crippen molar-refractivity contribution in [2.45, 2.75) is 19.9 Å². The Kier molecular flexibility index (Phi) is 3.59. The second kappa shape index (κ2) is 5.34. The predicted molar refractivity (Wildman–Crippen MR) is 62.9 cm³/mol. The molecule has 2 rings (SSSR count). The number of aryl methyl sites for hydroxylation is 1. The standard InChI is InChI=1S/C12H13FN4/c1-2-11-4-12(17-8-16-11)15-6-9-3-10(13)7-14-5-9/h3-5,7-8H,2,6H2,1H3,(H,15,16,17). The number of rotatable bonds is 4. The van der Waals surface area contributed by atoms with Crippen molar-refractivity contribution in [1.29, 1.82) is 0 Å². The summed E-state index contributed by atoms with van der Waals surface area (Å²) >= 11 is 0. The zero-order chi connectivity index (χ0) is 12.1. The summed E-state index contributed by atoms with van der Waals surface area (Å²) in [6.45, 7) is 2.52. The van der Waals surface area contributed by atoms with E-state index in [4.69, 9.17) is 0 Å². The average Bonchev–Trinajstić information content (AvgIpc) is 2.37. The molecule has 88 valence electrons. The van der Waals surface area contributed by atoms with E-state index in [0.29, 0.717) is 6.54 Å². The molecule has 0 fully saturated rings. The van der Waals surface area contributed by atoms with Gasteiger partial charge in [0.25, 0.3) is 0 Å². The molecule has 0 amide bonds. The number of anilines is 1. The van der Waals surface area contributed by atoms with Crippen molar-refractivity contribution in [3.8, 4) is 0 Å². The summed E-state index contributed by atoms with van der Waals surface area (Å²) in [7, 11) is 0. The highest BCUT2D eigenvalue weighted by Crippen LogP contribution is 2.07. The second-order valence-electron chi connectivity index (χ2n) is 3.61. The van der Waals surface area contributed by atoms with Crippen LogP contribution in [0.1, 0.15) is 18.2 Å². The maximum absolute atomic E-state index is 12.9. The Morgan fingerprint density at radius 2 is 2.12 bits per heavy atom. The fraction of sp³-hybridized carbons (Fsp3) is 0.250. The first kappa shape index (κ1) is 11.4. The lowest BCUT2D eigenvalue weighted by Crippen LogP contribution is -2.03. The average molecular weight is 232 g/mol. The number of hydrogen-bond acceptors (Lipinski definition) is 4. The zero-order valence-electron chi connectivity index (χ0n) is 9.52. The van der Waals surface area contributed by atoms with E-state index < -0.39 is 0 Å². The third kappa shape index (κ3) is 3.21. The zero-order valence-corrected chi connectivity index (χ0v) is 9.52. The first-order valence-electron chi connectivity index (χ1n) is 5.42. The highest BCUT2D eigenvalue weighted by atomic mass is 19.1. The fourth-order valence-corrected chi connectivity index (χ4v) is 1.43. The summed E-state index contributed by atoms with van der Waals surface area (Å²) in [5, 5.41) is 3.11. The van der Waals surface area contributed by atoms with Crippen molar-refractivity contribution < 1.29 is 4.39 Å². The molecular formula is C12H13FN4. The molecule has 0 atom stereocenters. The van der Waals surface area contributed by atoms with Crippen LogP contribution in [0.15, 0.2) is 30.9 Å². The number of aromatic nitrogens is 3. The molecule has 0 saturated carbocycles. The minimum Gasteiger partial charge on any atom is -0.366 e. The lowest BCUT2D eigenvalue weighted by molar-refractivity contribution is 0.619. The van der Waals surface area contributed by atoms with Crippen LogP contribution in [0.5, 0.6) is 0 Å². The van der Waals surface area contributed by atoms with Crippen LogP contribution in [0.25, 0.3) is 0 Å². The van der Waals surface area contributed by atoms with Crippen molar-refractivity contribution in [2.75, 3.05) is 5.32 Å². The lowest BCUT2D eigenvalue weighted by Gasteiger charge is -2.06. The van der Waals surface area contributed by atoms with Gasteiger partial charge in [0.2, 0.25) is 0 Å². The van der Waals surface area contributed by atoms with Crippen LogP contribution in [-0.4, -0.2) is 15.0 Å². The maximum Gasteiger partial charge on any atom is 0.141 e. The molecule has 2 aromatic rings. The maximum atomic E-state index is 12.9. The Labute approximate surface area is 99.0 Å². The van der Waals surface area contributed by atoms with Crippen molar-refractivity contribution in [1.82, 2.24) is 15.0 Å². The van der Waals surface area contributed by atoms with Crippen LogP contribution in [0, 0.1) is 5.82 Å². The molecule has 2 aromatic heterocycles. The summed E-state index contributed by atoms with van der Waals surface area (Å²) in [4.78, 5) is 12.0. The van der Waals surface area contributed by atoms with E-state index in [2.05, 4.69) is 20.3 Å². The minimum absolute atomic E-state index is 0.332. The molecular weight excluding hydrogens is 219 g/mol. The van der Waals surface area contributed by atoms with Crippen molar-refractivity contribution >= 4 is 5.82 Å². The van der Waals surface area contributed by atoms with Gasteiger partial charge in [-0.1, -0.05) is 6.92 Å². The number of nitrogens with one attached hydrogen (secondary N) is 1. The number of nitrogens with zero attached hydrogens (tertiary/aromatic N) is 3.